The van der Waals surface area contributed by atoms with E-state index in [1.807, 2.05) is 31.2 Å². The highest BCUT2D eigenvalue weighted by Crippen LogP contribution is 2.34. The summed E-state index contributed by atoms with van der Waals surface area (Å²) < 4.78 is 66.5. The average Bonchev–Trinajstić information content (AvgIpc) is 3.31. The number of Topliss-reactive ketones (excluding diaryl/α,β-unsaturated/α-hetero) is 1. The number of hydrogen-bond acceptors (Lipinski definition) is 4. The van der Waals surface area contributed by atoms with Crippen molar-refractivity contribution in [3.05, 3.63) is 89.7 Å². The predicted molar refractivity (Wildman–Crippen MR) is 159 cm³/mol. The van der Waals surface area contributed by atoms with Gasteiger partial charge < -0.3 is 0 Å². The van der Waals surface area contributed by atoms with Crippen LogP contribution in [0.5, 0.6) is 0 Å². The van der Waals surface area contributed by atoms with E-state index in [1.54, 1.807) is 41.3 Å². The minimum Gasteiger partial charge on any atom is -0.299 e. The van der Waals surface area contributed by atoms with Crippen molar-refractivity contribution in [1.82, 2.24) is 4.90 Å². The molecular formula is C34H38F3NO3S. The van der Waals surface area contributed by atoms with E-state index in [4.69, 9.17) is 0 Å². The fourth-order valence-corrected chi connectivity index (χ4v) is 7.99. The first-order valence-corrected chi connectivity index (χ1v) is 16.4. The lowest BCUT2D eigenvalue weighted by Crippen LogP contribution is -2.26. The van der Waals surface area contributed by atoms with E-state index in [-0.39, 0.29) is 48.1 Å². The van der Waals surface area contributed by atoms with Gasteiger partial charge in [0.05, 0.1) is 17.2 Å². The molecule has 3 aromatic carbocycles. The number of rotatable bonds is 10. The van der Waals surface area contributed by atoms with E-state index in [9.17, 15) is 26.4 Å². The number of benzene rings is 3. The van der Waals surface area contributed by atoms with E-state index in [0.29, 0.717) is 50.1 Å². The second-order valence-corrected chi connectivity index (χ2v) is 14.2. The van der Waals surface area contributed by atoms with E-state index in [0.717, 1.165) is 22.3 Å². The molecule has 1 saturated heterocycles. The van der Waals surface area contributed by atoms with E-state index in [2.05, 4.69) is 0 Å². The number of hydrogen-bond donors (Lipinski definition) is 0. The Balaban J connectivity index is 1.11. The van der Waals surface area contributed by atoms with Crippen LogP contribution in [0.3, 0.4) is 0 Å². The van der Waals surface area contributed by atoms with Gasteiger partial charge in [0, 0.05) is 31.8 Å². The fourth-order valence-electron chi connectivity index (χ4n) is 6.29. The van der Waals surface area contributed by atoms with Gasteiger partial charge in [-0.05, 0) is 84.0 Å². The number of carbonyl (C=O) groups excluding carboxylic acids is 1. The van der Waals surface area contributed by atoms with Gasteiger partial charge in [-0.25, -0.2) is 21.6 Å². The van der Waals surface area contributed by atoms with Crippen LogP contribution in [-0.4, -0.2) is 43.9 Å². The van der Waals surface area contributed by atoms with Crippen molar-refractivity contribution in [2.45, 2.75) is 68.7 Å². The molecule has 1 saturated carbocycles. The van der Waals surface area contributed by atoms with Crippen molar-refractivity contribution in [3.63, 3.8) is 0 Å². The van der Waals surface area contributed by atoms with Gasteiger partial charge in [0.2, 0.25) is 0 Å². The van der Waals surface area contributed by atoms with Gasteiger partial charge in [0.15, 0.2) is 9.84 Å². The molecule has 8 heteroatoms. The van der Waals surface area contributed by atoms with Gasteiger partial charge in [0.25, 0.3) is 5.92 Å². The topological polar surface area (TPSA) is 54.5 Å². The molecule has 224 valence electrons. The van der Waals surface area contributed by atoms with Crippen LogP contribution in [-0.2, 0) is 21.2 Å². The summed E-state index contributed by atoms with van der Waals surface area (Å²) in [5, 5.41) is 0. The molecule has 0 unspecified atom stereocenters. The summed E-state index contributed by atoms with van der Waals surface area (Å²) in [4.78, 5) is 15.0. The lowest BCUT2D eigenvalue weighted by molar-refractivity contribution is -0.124. The Hall–Kier alpha value is -2.97. The maximum absolute atomic E-state index is 13.5. The lowest BCUT2D eigenvalue weighted by atomic mass is 9.78. The van der Waals surface area contributed by atoms with Gasteiger partial charge in [-0.3, -0.25) is 9.69 Å². The highest BCUT2D eigenvalue weighted by atomic mass is 32.2. The second-order valence-electron chi connectivity index (χ2n) is 12.2. The smallest absolute Gasteiger partial charge is 0.261 e. The molecule has 0 aromatic heterocycles. The molecule has 5 rings (SSSR count). The van der Waals surface area contributed by atoms with Gasteiger partial charge >= 0.3 is 0 Å². The van der Waals surface area contributed by atoms with Crippen molar-refractivity contribution in [2.24, 2.45) is 11.8 Å². The predicted octanol–water partition coefficient (Wildman–Crippen LogP) is 7.68. The Morgan fingerprint density at radius 3 is 2.07 bits per heavy atom. The Bertz CT molecular complexity index is 1460. The van der Waals surface area contributed by atoms with Crippen LogP contribution in [0.25, 0.3) is 11.1 Å². The summed E-state index contributed by atoms with van der Waals surface area (Å²) in [5.74, 6) is -2.63. The number of halogens is 3. The fraction of sp³-hybridized carbons (Fsp3) is 0.441. The summed E-state index contributed by atoms with van der Waals surface area (Å²) in [6, 6.07) is 20.9. The molecule has 0 spiro atoms. The third-order valence-corrected chi connectivity index (χ3v) is 10.8. The Kier molecular flexibility index (Phi) is 9.23. The van der Waals surface area contributed by atoms with Gasteiger partial charge in [-0.2, -0.15) is 0 Å². The van der Waals surface area contributed by atoms with Crippen molar-refractivity contribution in [2.75, 3.05) is 18.8 Å². The van der Waals surface area contributed by atoms with Crippen LogP contribution in [0.2, 0.25) is 0 Å². The Morgan fingerprint density at radius 1 is 0.905 bits per heavy atom. The lowest BCUT2D eigenvalue weighted by Gasteiger charge is -2.28. The van der Waals surface area contributed by atoms with Gasteiger partial charge in [-0.1, -0.05) is 55.5 Å². The van der Waals surface area contributed by atoms with Crippen LogP contribution >= 0.6 is 0 Å². The van der Waals surface area contributed by atoms with E-state index in [1.165, 1.54) is 12.1 Å². The standard InChI is InChI=1S/C34H38F3NO3S/c1-24(27-10-14-31(35)15-11-27)20-33(39)30-8-4-26(5-9-30)22-42(40,41)32-16-12-29(13-17-32)28-6-2-25(3-7-28)21-38-19-18-34(36,37)23-38/h2-3,6-7,10-17,24,26,30H,4-5,8-9,18-23H2,1H3/t24-,26?,30?/m0/s1. The molecule has 1 heterocycles. The van der Waals surface area contributed by atoms with Gasteiger partial charge in [-0.15, -0.1) is 0 Å². The number of carbonyl (C=O) groups is 1. The maximum Gasteiger partial charge on any atom is 0.261 e. The third kappa shape index (κ3) is 7.70. The first kappa shape index (κ1) is 30.5. The summed E-state index contributed by atoms with van der Waals surface area (Å²) in [5.41, 5.74) is 3.74. The minimum atomic E-state index is -3.47. The number of ketones is 1. The van der Waals surface area contributed by atoms with Crippen LogP contribution < -0.4 is 0 Å². The molecule has 42 heavy (non-hydrogen) atoms. The summed E-state index contributed by atoms with van der Waals surface area (Å²) in [6.07, 6.45) is 3.13. The molecule has 0 bridgehead atoms. The quantitative estimate of drug-likeness (QED) is 0.241. The molecule has 3 aromatic rings. The number of sulfone groups is 1. The third-order valence-electron chi connectivity index (χ3n) is 8.86. The molecule has 1 aliphatic carbocycles. The highest BCUT2D eigenvalue weighted by Gasteiger charge is 2.38. The van der Waals surface area contributed by atoms with Crippen LogP contribution in [0.1, 0.15) is 62.5 Å². The van der Waals surface area contributed by atoms with Crippen molar-refractivity contribution in [1.29, 1.82) is 0 Å². The monoisotopic (exact) mass is 597 g/mol. The molecule has 2 aliphatic rings. The van der Waals surface area contributed by atoms with Crippen LogP contribution in [0.4, 0.5) is 13.2 Å². The van der Waals surface area contributed by atoms with E-state index >= 15 is 0 Å². The first-order valence-electron chi connectivity index (χ1n) is 14.8. The molecule has 1 atom stereocenters. The van der Waals surface area contributed by atoms with Crippen LogP contribution in [0, 0.1) is 17.7 Å². The molecular weight excluding hydrogens is 559 g/mol. The maximum atomic E-state index is 13.5. The number of likely N-dealkylation sites (tertiary alicyclic amines) is 1. The molecule has 2 fully saturated rings. The summed E-state index contributed by atoms with van der Waals surface area (Å²) >= 11 is 0. The zero-order chi connectivity index (χ0) is 29.9. The highest BCUT2D eigenvalue weighted by molar-refractivity contribution is 7.91. The Morgan fingerprint density at radius 2 is 1.50 bits per heavy atom. The molecule has 0 radical (unpaired) electrons. The van der Waals surface area contributed by atoms with Crippen molar-refractivity contribution in [3.8, 4) is 11.1 Å². The zero-order valence-electron chi connectivity index (χ0n) is 23.9. The molecule has 0 amide bonds. The SMILES string of the molecule is C[C@@H](CC(=O)C1CCC(CS(=O)(=O)c2ccc(-c3ccc(CN4CCC(F)(F)C4)cc3)cc2)CC1)c1ccc(F)cc1. The molecule has 0 N–H and O–H groups in total. The zero-order valence-corrected chi connectivity index (χ0v) is 24.8. The van der Waals surface area contributed by atoms with Crippen LogP contribution in [0.15, 0.2) is 77.7 Å². The normalized spacial score (nSPS) is 21.7. The number of nitrogens with zero attached hydrogens (tertiary/aromatic N) is 1. The first-order chi connectivity index (χ1) is 20.0. The van der Waals surface area contributed by atoms with Crippen molar-refractivity contribution < 1.29 is 26.4 Å². The molecule has 4 nitrogen and oxygen atoms in total. The second kappa shape index (κ2) is 12.7. The minimum absolute atomic E-state index is 0.0166. The average molecular weight is 598 g/mol. The summed E-state index contributed by atoms with van der Waals surface area (Å²) in [7, 11) is -3.47. The largest absolute Gasteiger partial charge is 0.299 e. The van der Waals surface area contributed by atoms with Gasteiger partial charge in [0.1, 0.15) is 11.6 Å². The number of alkyl halides is 2. The Labute approximate surface area is 246 Å². The van der Waals surface area contributed by atoms with E-state index < -0.39 is 15.8 Å². The van der Waals surface area contributed by atoms with Crippen molar-refractivity contribution >= 4 is 15.6 Å². The summed E-state index contributed by atoms with van der Waals surface area (Å²) in [6.45, 7) is 2.65. The molecule has 1 aliphatic heterocycles.